The van der Waals surface area contributed by atoms with Crippen molar-refractivity contribution in [3.63, 3.8) is 0 Å². The Morgan fingerprint density at radius 1 is 1.15 bits per heavy atom. The van der Waals surface area contributed by atoms with E-state index in [1.54, 1.807) is 18.2 Å². The molecule has 0 heterocycles. The van der Waals surface area contributed by atoms with Crippen LogP contribution in [0.4, 0.5) is 0 Å². The minimum atomic E-state index is -3.30. The van der Waals surface area contributed by atoms with E-state index in [9.17, 15) is 13.2 Å². The van der Waals surface area contributed by atoms with E-state index in [1.807, 2.05) is 13.8 Å². The molecule has 2 aromatic carbocycles. The smallest absolute Gasteiger partial charge is 0.185 e. The van der Waals surface area contributed by atoms with Gasteiger partial charge in [-0.05, 0) is 61.9 Å². The van der Waals surface area contributed by atoms with Gasteiger partial charge in [0.25, 0.3) is 0 Å². The molecule has 0 atom stereocenters. The van der Waals surface area contributed by atoms with Crippen LogP contribution in [0.1, 0.15) is 29.8 Å². The summed E-state index contributed by atoms with van der Waals surface area (Å²) >= 11 is 6.27. The highest BCUT2D eigenvalue weighted by Gasteiger charge is 2.13. The summed E-state index contributed by atoms with van der Waals surface area (Å²) in [4.78, 5) is 12.5. The van der Waals surface area contributed by atoms with Gasteiger partial charge in [-0.1, -0.05) is 17.7 Å². The van der Waals surface area contributed by atoms with Crippen LogP contribution in [0, 0.1) is 0 Å². The molecule has 0 bridgehead atoms. The van der Waals surface area contributed by atoms with Gasteiger partial charge in [0.2, 0.25) is 0 Å². The van der Waals surface area contributed by atoms with Gasteiger partial charge in [-0.15, -0.1) is 0 Å². The van der Waals surface area contributed by atoms with E-state index in [0.29, 0.717) is 27.6 Å². The summed E-state index contributed by atoms with van der Waals surface area (Å²) in [7, 11) is -1.78. The first kappa shape index (κ1) is 21.0. The molecule has 0 unspecified atom stereocenters. The molecule has 0 aliphatic rings. The SMILES string of the molecule is COc1cc(/C=C/C(=O)c2ccc(S(C)(=O)=O)cc2)cc(Cl)c1OC(C)C. The van der Waals surface area contributed by atoms with Crippen molar-refractivity contribution in [2.45, 2.75) is 24.8 Å². The topological polar surface area (TPSA) is 69.7 Å². The maximum atomic E-state index is 12.3. The molecule has 7 heteroatoms. The fourth-order valence-corrected chi connectivity index (χ4v) is 3.21. The highest BCUT2D eigenvalue weighted by Crippen LogP contribution is 2.37. The van der Waals surface area contributed by atoms with Crippen molar-refractivity contribution >= 4 is 33.3 Å². The normalized spacial score (nSPS) is 11.8. The Morgan fingerprint density at radius 3 is 2.30 bits per heavy atom. The summed E-state index contributed by atoms with van der Waals surface area (Å²) in [6, 6.07) is 9.19. The van der Waals surface area contributed by atoms with Crippen LogP contribution < -0.4 is 9.47 Å². The van der Waals surface area contributed by atoms with Crippen LogP contribution in [0.25, 0.3) is 6.08 Å². The van der Waals surface area contributed by atoms with Crippen molar-refractivity contribution in [3.8, 4) is 11.5 Å². The number of hydrogen-bond donors (Lipinski definition) is 0. The second-order valence-electron chi connectivity index (χ2n) is 6.19. The van der Waals surface area contributed by atoms with Gasteiger partial charge in [0.05, 0.1) is 23.1 Å². The molecule has 144 valence electrons. The highest BCUT2D eigenvalue weighted by molar-refractivity contribution is 7.90. The molecule has 0 aliphatic heterocycles. The third-order valence-electron chi connectivity index (χ3n) is 3.60. The molecule has 0 aliphatic carbocycles. The van der Waals surface area contributed by atoms with E-state index >= 15 is 0 Å². The molecular formula is C20H21ClO5S. The molecule has 5 nitrogen and oxygen atoms in total. The van der Waals surface area contributed by atoms with Crippen LogP contribution >= 0.6 is 11.6 Å². The van der Waals surface area contributed by atoms with Crippen molar-refractivity contribution < 1.29 is 22.7 Å². The number of sulfone groups is 1. The summed E-state index contributed by atoms with van der Waals surface area (Å²) in [6.07, 6.45) is 4.06. The number of carbonyl (C=O) groups is 1. The number of halogens is 1. The minimum absolute atomic E-state index is 0.0609. The van der Waals surface area contributed by atoms with Crippen LogP contribution in [0.5, 0.6) is 11.5 Å². The molecule has 0 fully saturated rings. The van der Waals surface area contributed by atoms with Crippen molar-refractivity contribution in [1.82, 2.24) is 0 Å². The number of allylic oxidation sites excluding steroid dienone is 1. The summed E-state index contributed by atoms with van der Waals surface area (Å²) in [6.45, 7) is 3.77. The zero-order valence-corrected chi connectivity index (χ0v) is 17.1. The zero-order chi connectivity index (χ0) is 20.2. The van der Waals surface area contributed by atoms with E-state index < -0.39 is 9.84 Å². The summed E-state index contributed by atoms with van der Waals surface area (Å²) in [5.74, 6) is 0.669. The van der Waals surface area contributed by atoms with Gasteiger partial charge >= 0.3 is 0 Å². The Morgan fingerprint density at radius 2 is 1.78 bits per heavy atom. The molecule has 0 N–H and O–H groups in total. The molecule has 0 amide bonds. The fourth-order valence-electron chi connectivity index (χ4n) is 2.32. The molecule has 2 aromatic rings. The predicted molar refractivity (Wildman–Crippen MR) is 107 cm³/mol. The lowest BCUT2D eigenvalue weighted by atomic mass is 10.1. The predicted octanol–water partition coefficient (Wildman–Crippen LogP) is 4.44. The molecule has 2 rings (SSSR count). The average Bonchev–Trinajstić information content (AvgIpc) is 2.60. The second kappa shape index (κ2) is 8.59. The van der Waals surface area contributed by atoms with Gasteiger partial charge in [0.1, 0.15) is 0 Å². The quantitative estimate of drug-likeness (QED) is 0.500. The first-order valence-corrected chi connectivity index (χ1v) is 10.5. The maximum absolute atomic E-state index is 12.3. The maximum Gasteiger partial charge on any atom is 0.185 e. The lowest BCUT2D eigenvalue weighted by Gasteiger charge is -2.15. The molecular weight excluding hydrogens is 388 g/mol. The lowest BCUT2D eigenvalue weighted by molar-refractivity contribution is 0.104. The number of rotatable bonds is 7. The summed E-state index contributed by atoms with van der Waals surface area (Å²) in [5, 5.41) is 0.382. The Balaban J connectivity index is 2.24. The van der Waals surface area contributed by atoms with Gasteiger partial charge < -0.3 is 9.47 Å². The zero-order valence-electron chi connectivity index (χ0n) is 15.5. The van der Waals surface area contributed by atoms with Crippen molar-refractivity contribution in [3.05, 3.63) is 58.6 Å². The van der Waals surface area contributed by atoms with Crippen molar-refractivity contribution in [1.29, 1.82) is 0 Å². The van der Waals surface area contributed by atoms with Crippen LogP contribution in [-0.2, 0) is 9.84 Å². The third-order valence-corrected chi connectivity index (χ3v) is 5.01. The number of ether oxygens (including phenoxy) is 2. The van der Waals surface area contributed by atoms with Gasteiger partial charge in [0, 0.05) is 11.8 Å². The van der Waals surface area contributed by atoms with Gasteiger partial charge in [-0.3, -0.25) is 4.79 Å². The van der Waals surface area contributed by atoms with E-state index in [-0.39, 0.29) is 16.8 Å². The number of hydrogen-bond acceptors (Lipinski definition) is 5. The van der Waals surface area contributed by atoms with Crippen LogP contribution in [-0.4, -0.2) is 33.7 Å². The Labute approximate surface area is 164 Å². The minimum Gasteiger partial charge on any atom is -0.493 e. The van der Waals surface area contributed by atoms with E-state index in [1.165, 1.54) is 37.5 Å². The number of methoxy groups -OCH3 is 1. The van der Waals surface area contributed by atoms with Crippen LogP contribution in [0.15, 0.2) is 47.4 Å². The molecule has 0 aromatic heterocycles. The van der Waals surface area contributed by atoms with Gasteiger partial charge in [0.15, 0.2) is 27.1 Å². The average molecular weight is 409 g/mol. The monoisotopic (exact) mass is 408 g/mol. The number of benzene rings is 2. The van der Waals surface area contributed by atoms with Gasteiger partial charge in [-0.2, -0.15) is 0 Å². The Hall–Kier alpha value is -2.31. The van der Waals surface area contributed by atoms with Crippen molar-refractivity contribution in [2.24, 2.45) is 0 Å². The molecule has 0 saturated heterocycles. The fraction of sp³-hybridized carbons (Fsp3) is 0.250. The van der Waals surface area contributed by atoms with Crippen LogP contribution in [0.3, 0.4) is 0 Å². The first-order chi connectivity index (χ1) is 12.6. The van der Waals surface area contributed by atoms with Crippen molar-refractivity contribution in [2.75, 3.05) is 13.4 Å². The molecule has 27 heavy (non-hydrogen) atoms. The second-order valence-corrected chi connectivity index (χ2v) is 8.62. The largest absolute Gasteiger partial charge is 0.493 e. The molecule has 0 spiro atoms. The number of ketones is 1. The van der Waals surface area contributed by atoms with E-state index in [0.717, 1.165) is 6.26 Å². The van der Waals surface area contributed by atoms with E-state index in [2.05, 4.69) is 0 Å². The van der Waals surface area contributed by atoms with Gasteiger partial charge in [-0.25, -0.2) is 8.42 Å². The highest BCUT2D eigenvalue weighted by atomic mass is 35.5. The molecule has 0 saturated carbocycles. The third kappa shape index (κ3) is 5.58. The summed E-state index contributed by atoms with van der Waals surface area (Å²) in [5.41, 5.74) is 1.06. The lowest BCUT2D eigenvalue weighted by Crippen LogP contribution is -2.07. The van der Waals surface area contributed by atoms with Crippen LogP contribution in [0.2, 0.25) is 5.02 Å². The first-order valence-electron chi connectivity index (χ1n) is 8.18. The Kier molecular flexibility index (Phi) is 6.68. The Bertz CT molecular complexity index is 961. The standard InChI is InChI=1S/C20H21ClO5S/c1-13(2)26-20-17(21)11-14(12-19(20)25-3)5-10-18(22)15-6-8-16(9-7-15)27(4,23)24/h5-13H,1-4H3/b10-5+. The molecule has 0 radical (unpaired) electrons. The number of carbonyl (C=O) groups excluding carboxylic acids is 1. The summed E-state index contributed by atoms with van der Waals surface area (Å²) < 4.78 is 33.9. The van der Waals surface area contributed by atoms with E-state index in [4.69, 9.17) is 21.1 Å².